The minimum atomic E-state index is -5.43. The third-order valence-electron chi connectivity index (χ3n) is 6.25. The highest BCUT2D eigenvalue weighted by molar-refractivity contribution is 5.97. The molecular formula is C24H21F7N4O5. The second-order valence-corrected chi connectivity index (χ2v) is 9.04. The molecule has 2 aromatic carbocycles. The van der Waals surface area contributed by atoms with E-state index in [1.165, 1.54) is 11.9 Å². The summed E-state index contributed by atoms with van der Waals surface area (Å²) in [7, 11) is 2.54. The van der Waals surface area contributed by atoms with Gasteiger partial charge in [0, 0.05) is 32.9 Å². The molecule has 9 nitrogen and oxygen atoms in total. The van der Waals surface area contributed by atoms with Crippen molar-refractivity contribution in [3.05, 3.63) is 53.3 Å². The zero-order chi connectivity index (χ0) is 29.6. The largest absolute Gasteiger partial charge is 0.442 e. The Kier molecular flexibility index (Phi) is 7.47. The molecule has 1 atom stereocenters. The molecular weight excluding hydrogens is 557 g/mol. The van der Waals surface area contributed by atoms with Gasteiger partial charge in [0.15, 0.2) is 5.75 Å². The van der Waals surface area contributed by atoms with Crippen LogP contribution in [-0.4, -0.2) is 74.4 Å². The van der Waals surface area contributed by atoms with Crippen LogP contribution in [0.25, 0.3) is 0 Å². The number of rotatable bonds is 5. The van der Waals surface area contributed by atoms with Gasteiger partial charge in [0.25, 0.3) is 0 Å². The van der Waals surface area contributed by atoms with Crippen molar-refractivity contribution >= 4 is 29.6 Å². The lowest BCUT2D eigenvalue weighted by Crippen LogP contribution is -2.38. The maximum Gasteiger partial charge on any atom is 0.420 e. The van der Waals surface area contributed by atoms with E-state index in [1.54, 1.807) is 0 Å². The van der Waals surface area contributed by atoms with Crippen molar-refractivity contribution in [2.75, 3.05) is 50.1 Å². The van der Waals surface area contributed by atoms with Crippen LogP contribution in [0.4, 0.5) is 56.5 Å². The predicted molar refractivity (Wildman–Crippen MR) is 124 cm³/mol. The summed E-state index contributed by atoms with van der Waals surface area (Å²) >= 11 is 0. The second kappa shape index (κ2) is 10.4. The molecule has 0 aliphatic carbocycles. The Bertz CT molecular complexity index is 1320. The average Bonchev–Trinajstić information content (AvgIpc) is 3.38. The number of anilines is 2. The van der Waals surface area contributed by atoms with Crippen LogP contribution in [0.2, 0.25) is 0 Å². The fraction of sp³-hybridized carbons (Fsp3) is 0.375. The number of alkyl halides is 6. The lowest BCUT2D eigenvalue weighted by Gasteiger charge is -2.26. The van der Waals surface area contributed by atoms with E-state index in [9.17, 15) is 45.1 Å². The van der Waals surface area contributed by atoms with Gasteiger partial charge in [0.1, 0.15) is 17.5 Å². The highest BCUT2D eigenvalue weighted by atomic mass is 19.4. The summed E-state index contributed by atoms with van der Waals surface area (Å²) in [6.07, 6.45) is -13.5. The van der Waals surface area contributed by atoms with Crippen molar-refractivity contribution in [1.82, 2.24) is 9.80 Å². The molecule has 2 aliphatic heterocycles. The molecule has 0 saturated carbocycles. The first-order valence-corrected chi connectivity index (χ1v) is 11.6. The van der Waals surface area contributed by atoms with Gasteiger partial charge in [-0.05, 0) is 36.4 Å². The Labute approximate surface area is 222 Å². The van der Waals surface area contributed by atoms with Crippen LogP contribution in [0.15, 0.2) is 36.4 Å². The van der Waals surface area contributed by atoms with E-state index in [0.29, 0.717) is 15.9 Å². The Morgan fingerprint density at radius 2 is 1.70 bits per heavy atom. The summed E-state index contributed by atoms with van der Waals surface area (Å²) in [5.41, 5.74) is -4.58. The number of ether oxygens (including phenoxy) is 2. The van der Waals surface area contributed by atoms with Crippen LogP contribution >= 0.6 is 0 Å². The number of likely N-dealkylation sites (N-methyl/N-ethyl adjacent to an activating group) is 1. The molecule has 4 rings (SSSR count). The molecule has 0 spiro atoms. The minimum Gasteiger partial charge on any atom is -0.442 e. The number of nitrogens with zero attached hydrogens (tertiary/aromatic N) is 4. The van der Waals surface area contributed by atoms with Gasteiger partial charge in [-0.15, -0.1) is 0 Å². The van der Waals surface area contributed by atoms with Crippen LogP contribution in [0.1, 0.15) is 11.1 Å². The van der Waals surface area contributed by atoms with E-state index < -0.39 is 65.1 Å². The highest BCUT2D eigenvalue weighted by Crippen LogP contribution is 2.47. The van der Waals surface area contributed by atoms with Crippen molar-refractivity contribution in [3.63, 3.8) is 0 Å². The van der Waals surface area contributed by atoms with Crippen molar-refractivity contribution in [3.8, 4) is 5.75 Å². The number of urea groups is 1. The summed E-state index contributed by atoms with van der Waals surface area (Å²) in [4.78, 5) is 41.3. The first kappa shape index (κ1) is 28.8. The molecule has 2 saturated heterocycles. The molecule has 16 heteroatoms. The SMILES string of the molecule is CN1CC(CN2CCN(c3cc(C(F)(F)F)cc(C(F)(F)F)c3OC(=O)N(C)c3ccc(F)cc3)C2=O)OC1=O. The van der Waals surface area contributed by atoms with Crippen LogP contribution in [0.5, 0.6) is 5.75 Å². The first-order valence-electron chi connectivity index (χ1n) is 11.6. The van der Waals surface area contributed by atoms with Gasteiger partial charge < -0.3 is 19.3 Å². The Balaban J connectivity index is 1.73. The second-order valence-electron chi connectivity index (χ2n) is 9.04. The maximum absolute atomic E-state index is 14.0. The van der Waals surface area contributed by atoms with E-state index in [2.05, 4.69) is 0 Å². The lowest BCUT2D eigenvalue weighted by atomic mass is 10.1. The van der Waals surface area contributed by atoms with Crippen molar-refractivity contribution < 1.29 is 54.6 Å². The fourth-order valence-electron chi connectivity index (χ4n) is 4.19. The quantitative estimate of drug-likeness (QED) is 0.457. The van der Waals surface area contributed by atoms with Gasteiger partial charge in [-0.2, -0.15) is 26.3 Å². The van der Waals surface area contributed by atoms with E-state index in [0.717, 1.165) is 36.2 Å². The molecule has 216 valence electrons. The van der Waals surface area contributed by atoms with Gasteiger partial charge >= 0.3 is 30.6 Å². The summed E-state index contributed by atoms with van der Waals surface area (Å²) in [6, 6.07) is 3.30. The number of amides is 4. The third kappa shape index (κ3) is 5.84. The van der Waals surface area contributed by atoms with E-state index in [4.69, 9.17) is 9.47 Å². The maximum atomic E-state index is 14.0. The summed E-state index contributed by atoms with van der Waals surface area (Å²) in [5, 5.41) is 0. The number of cyclic esters (lactones) is 1. The molecule has 2 aromatic rings. The van der Waals surface area contributed by atoms with E-state index in [-0.39, 0.29) is 37.9 Å². The van der Waals surface area contributed by atoms with Gasteiger partial charge in [-0.3, -0.25) is 9.80 Å². The standard InChI is InChI=1S/C24H21F7N4O5/c1-32-11-16(39-21(32)37)12-34-7-8-35(20(34)36)18-10-13(23(26,27)28)9-17(24(29,30)31)19(18)40-22(38)33(2)15-5-3-14(25)4-6-15/h3-6,9-10,16H,7-8,11-12H2,1-2H3. The van der Waals surface area contributed by atoms with Crippen molar-refractivity contribution in [2.45, 2.75) is 18.5 Å². The normalized spacial score (nSPS) is 17.9. The van der Waals surface area contributed by atoms with Crippen LogP contribution in [-0.2, 0) is 17.1 Å². The summed E-state index contributed by atoms with van der Waals surface area (Å²) in [5.74, 6) is -1.98. The van der Waals surface area contributed by atoms with Crippen LogP contribution in [0.3, 0.4) is 0 Å². The zero-order valence-electron chi connectivity index (χ0n) is 20.8. The van der Waals surface area contributed by atoms with Crippen LogP contribution in [0, 0.1) is 5.82 Å². The molecule has 0 N–H and O–H groups in total. The van der Waals surface area contributed by atoms with Gasteiger partial charge in [-0.25, -0.2) is 18.8 Å². The van der Waals surface area contributed by atoms with Crippen molar-refractivity contribution in [2.24, 2.45) is 0 Å². The fourth-order valence-corrected chi connectivity index (χ4v) is 4.19. The summed E-state index contributed by atoms with van der Waals surface area (Å²) < 4.78 is 106. The summed E-state index contributed by atoms with van der Waals surface area (Å²) in [6.45, 7) is -0.536. The monoisotopic (exact) mass is 578 g/mol. The molecule has 1 unspecified atom stereocenters. The number of hydrogen-bond acceptors (Lipinski definition) is 5. The number of benzene rings is 2. The molecule has 4 amide bonds. The average molecular weight is 578 g/mol. The van der Waals surface area contributed by atoms with E-state index in [1.807, 2.05) is 0 Å². The third-order valence-corrected chi connectivity index (χ3v) is 6.25. The van der Waals surface area contributed by atoms with Gasteiger partial charge in [0.2, 0.25) is 0 Å². The number of carbonyl (C=O) groups excluding carboxylic acids is 3. The molecule has 0 radical (unpaired) electrons. The molecule has 0 aromatic heterocycles. The van der Waals surface area contributed by atoms with Gasteiger partial charge in [-0.1, -0.05) is 0 Å². The highest BCUT2D eigenvalue weighted by Gasteiger charge is 2.44. The van der Waals surface area contributed by atoms with Gasteiger partial charge in [0.05, 0.1) is 24.3 Å². The Hall–Kier alpha value is -4.24. The number of carbonyl (C=O) groups is 3. The first-order chi connectivity index (χ1) is 18.6. The minimum absolute atomic E-state index is 0.00734. The van der Waals surface area contributed by atoms with E-state index >= 15 is 0 Å². The molecule has 0 bridgehead atoms. The topological polar surface area (TPSA) is 82.6 Å². The predicted octanol–water partition coefficient (Wildman–Crippen LogP) is 5.19. The number of halogens is 7. The lowest BCUT2D eigenvalue weighted by molar-refractivity contribution is -0.143. The Morgan fingerprint density at radius 3 is 2.25 bits per heavy atom. The van der Waals surface area contributed by atoms with Crippen molar-refractivity contribution in [1.29, 1.82) is 0 Å². The molecule has 2 heterocycles. The Morgan fingerprint density at radius 1 is 1.05 bits per heavy atom. The smallest absolute Gasteiger partial charge is 0.420 e. The van der Waals surface area contributed by atoms with Crippen LogP contribution < -0.4 is 14.5 Å². The molecule has 40 heavy (non-hydrogen) atoms. The molecule has 2 fully saturated rings. The number of hydrogen-bond donors (Lipinski definition) is 0. The zero-order valence-corrected chi connectivity index (χ0v) is 20.8. The molecule has 2 aliphatic rings.